The molecule has 2 N–H and O–H groups in total. The van der Waals surface area contributed by atoms with Crippen molar-refractivity contribution in [3.63, 3.8) is 0 Å². The maximum atomic E-state index is 12.6. The maximum absolute atomic E-state index is 12.6. The molecule has 0 atom stereocenters. The molecule has 1 aromatic carbocycles. The fourth-order valence-electron chi connectivity index (χ4n) is 2.48. The topological polar surface area (TPSA) is 76.3 Å². The number of hydrogen-bond acceptors (Lipinski definition) is 4. The molecule has 0 bridgehead atoms. The van der Waals surface area contributed by atoms with Gasteiger partial charge in [0.1, 0.15) is 0 Å². The third-order valence-electron chi connectivity index (χ3n) is 3.51. The van der Waals surface area contributed by atoms with Crippen LogP contribution in [0.4, 0.5) is 11.5 Å². The second-order valence-corrected chi connectivity index (χ2v) is 5.82. The van der Waals surface area contributed by atoms with Crippen molar-refractivity contribution in [1.82, 2.24) is 4.98 Å². The van der Waals surface area contributed by atoms with Crippen LogP contribution in [0, 0.1) is 13.8 Å². The highest BCUT2D eigenvalue weighted by Crippen LogP contribution is 2.35. The van der Waals surface area contributed by atoms with E-state index in [1.807, 2.05) is 26.0 Å². The van der Waals surface area contributed by atoms with Gasteiger partial charge >= 0.3 is 0 Å². The van der Waals surface area contributed by atoms with E-state index in [9.17, 15) is 9.59 Å². The van der Waals surface area contributed by atoms with Gasteiger partial charge < -0.3 is 5.73 Å². The molecule has 1 aliphatic rings. The minimum Gasteiger partial charge on any atom is -0.397 e. The predicted octanol–water partition coefficient (Wildman–Crippen LogP) is 2.84. The van der Waals surface area contributed by atoms with Crippen molar-refractivity contribution in [2.24, 2.45) is 0 Å². The molecule has 0 unspecified atom stereocenters. The largest absolute Gasteiger partial charge is 0.397 e. The van der Waals surface area contributed by atoms with Crippen LogP contribution in [-0.2, 0) is 0 Å². The Morgan fingerprint density at radius 3 is 2.10 bits per heavy atom. The third kappa shape index (κ3) is 1.94. The molecule has 6 heteroatoms. The van der Waals surface area contributed by atoms with Gasteiger partial charge in [-0.25, -0.2) is 9.88 Å². The van der Waals surface area contributed by atoms with Crippen LogP contribution in [0.2, 0.25) is 0 Å². The average Bonchev–Trinajstić information content (AvgIpc) is 2.68. The number of aromatic nitrogens is 1. The lowest BCUT2D eigenvalue weighted by Crippen LogP contribution is -2.30. The number of carbonyl (C=O) groups excluding carboxylic acids is 2. The number of nitrogen functional groups attached to an aromatic ring is 1. The van der Waals surface area contributed by atoms with Gasteiger partial charge in [-0.1, -0.05) is 12.1 Å². The first kappa shape index (κ1) is 13.8. The Balaban J connectivity index is 2.21. The minimum atomic E-state index is -0.353. The van der Waals surface area contributed by atoms with E-state index < -0.39 is 0 Å². The summed E-state index contributed by atoms with van der Waals surface area (Å²) in [6.07, 6.45) is 1.42. The fraction of sp³-hybridized carbons (Fsp3) is 0.133. The molecule has 1 aromatic heterocycles. The van der Waals surface area contributed by atoms with Gasteiger partial charge in [0.05, 0.1) is 27.5 Å². The van der Waals surface area contributed by atoms with Crippen molar-refractivity contribution in [3.05, 3.63) is 51.1 Å². The van der Waals surface area contributed by atoms with E-state index in [4.69, 9.17) is 5.73 Å². The zero-order valence-corrected chi connectivity index (χ0v) is 13.1. The third-order valence-corrected chi connectivity index (χ3v) is 4.09. The Bertz CT molecular complexity index is 761. The highest BCUT2D eigenvalue weighted by atomic mass is 79.9. The normalized spacial score (nSPS) is 13.8. The standard InChI is InChI=1S/C15H12BrN3O2/c1-7-3-4-8(2)12-11(7)14(20)19(15(12)21)13-10(16)5-9(17)6-18-13/h3-6H,17H2,1-2H3. The van der Waals surface area contributed by atoms with Crippen LogP contribution in [0.5, 0.6) is 0 Å². The lowest BCUT2D eigenvalue weighted by atomic mass is 9.99. The van der Waals surface area contributed by atoms with E-state index in [0.717, 1.165) is 16.0 Å². The number of imide groups is 1. The molecule has 0 saturated heterocycles. The van der Waals surface area contributed by atoms with Crippen molar-refractivity contribution < 1.29 is 9.59 Å². The number of hydrogen-bond donors (Lipinski definition) is 1. The summed E-state index contributed by atoms with van der Waals surface area (Å²) < 4.78 is 0.507. The molecule has 1 aliphatic heterocycles. The summed E-state index contributed by atoms with van der Waals surface area (Å²) in [4.78, 5) is 30.5. The summed E-state index contributed by atoms with van der Waals surface area (Å²) >= 11 is 3.31. The van der Waals surface area contributed by atoms with Crippen molar-refractivity contribution in [3.8, 4) is 0 Å². The van der Waals surface area contributed by atoms with Gasteiger partial charge in [0, 0.05) is 0 Å². The second-order valence-electron chi connectivity index (χ2n) is 4.97. The summed E-state index contributed by atoms with van der Waals surface area (Å²) in [6.45, 7) is 3.64. The monoisotopic (exact) mass is 345 g/mol. The first-order chi connectivity index (χ1) is 9.91. The fourth-order valence-corrected chi connectivity index (χ4v) is 3.02. The van der Waals surface area contributed by atoms with Gasteiger partial charge in [-0.3, -0.25) is 9.59 Å². The molecule has 0 fully saturated rings. The number of halogens is 1. The Morgan fingerprint density at radius 2 is 1.62 bits per heavy atom. The Labute approximate surface area is 129 Å². The molecule has 106 valence electrons. The highest BCUT2D eigenvalue weighted by molar-refractivity contribution is 9.10. The van der Waals surface area contributed by atoms with Gasteiger partial charge in [-0.15, -0.1) is 0 Å². The van der Waals surface area contributed by atoms with Crippen LogP contribution >= 0.6 is 15.9 Å². The van der Waals surface area contributed by atoms with Gasteiger partial charge in [0.15, 0.2) is 5.82 Å². The molecule has 2 amide bonds. The summed E-state index contributed by atoms with van der Waals surface area (Å²) in [5, 5.41) is 0. The Morgan fingerprint density at radius 1 is 1.10 bits per heavy atom. The van der Waals surface area contributed by atoms with Crippen LogP contribution < -0.4 is 10.6 Å². The Hall–Kier alpha value is -2.21. The number of nitrogens with two attached hydrogens (primary N) is 1. The quantitative estimate of drug-likeness (QED) is 0.806. The molecule has 21 heavy (non-hydrogen) atoms. The van der Waals surface area contributed by atoms with E-state index in [1.54, 1.807) is 6.07 Å². The van der Waals surface area contributed by atoms with E-state index >= 15 is 0 Å². The molecular weight excluding hydrogens is 334 g/mol. The number of carbonyl (C=O) groups is 2. The number of rotatable bonds is 1. The van der Waals surface area contributed by atoms with Gasteiger partial charge in [-0.05, 0) is 47.0 Å². The van der Waals surface area contributed by atoms with Gasteiger partial charge in [0.2, 0.25) is 0 Å². The number of anilines is 2. The van der Waals surface area contributed by atoms with Crippen LogP contribution in [0.3, 0.4) is 0 Å². The molecule has 0 aliphatic carbocycles. The zero-order chi connectivity index (χ0) is 15.3. The predicted molar refractivity (Wildman–Crippen MR) is 83.4 cm³/mol. The molecule has 5 nitrogen and oxygen atoms in total. The van der Waals surface area contributed by atoms with Crippen LogP contribution in [0.25, 0.3) is 0 Å². The first-order valence-electron chi connectivity index (χ1n) is 6.32. The van der Waals surface area contributed by atoms with E-state index in [1.165, 1.54) is 6.20 Å². The number of nitrogens with zero attached hydrogens (tertiary/aromatic N) is 2. The SMILES string of the molecule is Cc1ccc(C)c2c1C(=O)N(c1ncc(N)cc1Br)C2=O. The summed E-state index contributed by atoms with van der Waals surface area (Å²) in [7, 11) is 0. The molecule has 3 rings (SSSR count). The summed E-state index contributed by atoms with van der Waals surface area (Å²) in [5.41, 5.74) is 8.56. The molecule has 2 aromatic rings. The van der Waals surface area contributed by atoms with Crippen LogP contribution in [0.15, 0.2) is 28.9 Å². The van der Waals surface area contributed by atoms with E-state index in [-0.39, 0.29) is 17.6 Å². The zero-order valence-electron chi connectivity index (χ0n) is 11.5. The molecular formula is C15H12BrN3O2. The summed E-state index contributed by atoms with van der Waals surface area (Å²) in [6, 6.07) is 5.30. The number of pyridine rings is 1. The lowest BCUT2D eigenvalue weighted by Gasteiger charge is -2.14. The average molecular weight is 346 g/mol. The minimum absolute atomic E-state index is 0.259. The maximum Gasteiger partial charge on any atom is 0.267 e. The number of amides is 2. The molecule has 0 radical (unpaired) electrons. The van der Waals surface area contributed by atoms with E-state index in [0.29, 0.717) is 21.3 Å². The van der Waals surface area contributed by atoms with Crippen molar-refractivity contribution in [1.29, 1.82) is 0 Å². The molecule has 0 spiro atoms. The number of aryl methyl sites for hydroxylation is 2. The number of benzene rings is 1. The Kier molecular flexibility index (Phi) is 3.06. The van der Waals surface area contributed by atoms with Gasteiger partial charge in [0.25, 0.3) is 11.8 Å². The van der Waals surface area contributed by atoms with E-state index in [2.05, 4.69) is 20.9 Å². The number of fused-ring (bicyclic) bond motifs is 1. The van der Waals surface area contributed by atoms with Gasteiger partial charge in [-0.2, -0.15) is 0 Å². The lowest BCUT2D eigenvalue weighted by molar-refractivity contribution is 0.0924. The van der Waals surface area contributed by atoms with Crippen LogP contribution in [-0.4, -0.2) is 16.8 Å². The molecule has 0 saturated carbocycles. The first-order valence-corrected chi connectivity index (χ1v) is 7.11. The second kappa shape index (κ2) is 4.66. The highest BCUT2D eigenvalue weighted by Gasteiger charge is 2.40. The van der Waals surface area contributed by atoms with Crippen molar-refractivity contribution in [2.45, 2.75) is 13.8 Å². The summed E-state index contributed by atoms with van der Waals surface area (Å²) in [5.74, 6) is -0.447. The smallest absolute Gasteiger partial charge is 0.267 e. The van der Waals surface area contributed by atoms with Crippen molar-refractivity contribution in [2.75, 3.05) is 10.6 Å². The van der Waals surface area contributed by atoms with Crippen molar-refractivity contribution >= 4 is 39.2 Å². The molecule has 2 heterocycles. The van der Waals surface area contributed by atoms with Crippen LogP contribution in [0.1, 0.15) is 31.8 Å².